The van der Waals surface area contributed by atoms with Gasteiger partial charge in [-0.25, -0.2) is 0 Å². The molecule has 0 saturated carbocycles. The van der Waals surface area contributed by atoms with Gasteiger partial charge in [0.15, 0.2) is 11.5 Å². The zero-order chi connectivity index (χ0) is 22.5. The standard InChI is InChI=1S/C25H30N4O3/c1-3-17-8-4-5-9-20(17)28-24-18-14-23(32-13-12-29-10-6-7-11-29)22(31-2)15-21(18)27-16-19(24)25(26)30/h4-5,8-9,14-16H,3,6-7,10-13H2,1-2H3,(H2,26,30)(H,27,28). The van der Waals surface area contributed by atoms with Crippen molar-refractivity contribution < 1.29 is 14.3 Å². The predicted octanol–water partition coefficient (Wildman–Crippen LogP) is 4.12. The Balaban J connectivity index is 1.73. The number of hydrogen-bond donors (Lipinski definition) is 2. The molecule has 1 aromatic heterocycles. The van der Waals surface area contributed by atoms with E-state index in [2.05, 4.69) is 28.2 Å². The fraction of sp³-hybridized carbons (Fsp3) is 0.360. The van der Waals surface area contributed by atoms with Gasteiger partial charge in [0.05, 0.1) is 23.9 Å². The second kappa shape index (κ2) is 9.87. The molecule has 1 fully saturated rings. The van der Waals surface area contributed by atoms with Crippen molar-refractivity contribution in [1.82, 2.24) is 9.88 Å². The van der Waals surface area contributed by atoms with E-state index in [1.807, 2.05) is 30.3 Å². The van der Waals surface area contributed by atoms with Crippen molar-refractivity contribution in [3.63, 3.8) is 0 Å². The molecule has 7 nitrogen and oxygen atoms in total. The van der Waals surface area contributed by atoms with Crippen molar-refractivity contribution in [1.29, 1.82) is 0 Å². The monoisotopic (exact) mass is 434 g/mol. The normalized spacial score (nSPS) is 13.9. The minimum absolute atomic E-state index is 0.330. The van der Waals surface area contributed by atoms with Crippen LogP contribution in [0.3, 0.4) is 0 Å². The number of para-hydroxylation sites is 1. The lowest BCUT2D eigenvalue weighted by atomic mass is 10.1. The van der Waals surface area contributed by atoms with Crippen LogP contribution >= 0.6 is 0 Å². The highest BCUT2D eigenvalue weighted by Gasteiger charge is 2.18. The summed E-state index contributed by atoms with van der Waals surface area (Å²) in [6, 6.07) is 11.7. The molecule has 7 heteroatoms. The third-order valence-corrected chi connectivity index (χ3v) is 5.94. The highest BCUT2D eigenvalue weighted by molar-refractivity contribution is 6.08. The van der Waals surface area contributed by atoms with Crippen LogP contribution < -0.4 is 20.5 Å². The molecule has 1 amide bonds. The molecule has 1 aliphatic rings. The predicted molar refractivity (Wildman–Crippen MR) is 127 cm³/mol. The van der Waals surface area contributed by atoms with E-state index < -0.39 is 5.91 Å². The lowest BCUT2D eigenvalue weighted by Crippen LogP contribution is -2.25. The van der Waals surface area contributed by atoms with Crippen LogP contribution in [-0.2, 0) is 6.42 Å². The van der Waals surface area contributed by atoms with Crippen LogP contribution in [0.1, 0.15) is 35.7 Å². The third kappa shape index (κ3) is 4.62. The summed E-state index contributed by atoms with van der Waals surface area (Å²) in [5.74, 6) is 0.691. The average molecular weight is 435 g/mol. The highest BCUT2D eigenvalue weighted by Crippen LogP contribution is 2.37. The summed E-state index contributed by atoms with van der Waals surface area (Å²) in [5, 5.41) is 4.19. The maximum absolute atomic E-state index is 12.2. The number of carbonyl (C=O) groups excluding carboxylic acids is 1. The largest absolute Gasteiger partial charge is 0.493 e. The van der Waals surface area contributed by atoms with Crippen LogP contribution in [0.2, 0.25) is 0 Å². The van der Waals surface area contributed by atoms with Gasteiger partial charge in [0.2, 0.25) is 0 Å². The summed E-state index contributed by atoms with van der Waals surface area (Å²) in [4.78, 5) is 19.1. The minimum atomic E-state index is -0.539. The number of anilines is 2. The van der Waals surface area contributed by atoms with Gasteiger partial charge in [-0.15, -0.1) is 0 Å². The van der Waals surface area contributed by atoms with E-state index in [-0.39, 0.29) is 0 Å². The molecular formula is C25H30N4O3. The maximum Gasteiger partial charge on any atom is 0.252 e. The van der Waals surface area contributed by atoms with Crippen LogP contribution in [0, 0.1) is 0 Å². The molecule has 0 radical (unpaired) electrons. The maximum atomic E-state index is 12.2. The number of ether oxygens (including phenoxy) is 2. The van der Waals surface area contributed by atoms with Gasteiger partial charge in [0.1, 0.15) is 6.61 Å². The Labute approximate surface area is 188 Å². The molecule has 0 aliphatic carbocycles. The number of nitrogens with zero attached hydrogens (tertiary/aromatic N) is 2. The van der Waals surface area contributed by atoms with Crippen molar-refractivity contribution in [2.45, 2.75) is 26.2 Å². The SMILES string of the molecule is CCc1ccccc1Nc1c(C(N)=O)cnc2cc(OC)c(OCCN3CCCC3)cc12. The number of benzene rings is 2. The van der Waals surface area contributed by atoms with E-state index in [4.69, 9.17) is 15.2 Å². The van der Waals surface area contributed by atoms with Crippen LogP contribution in [0.15, 0.2) is 42.6 Å². The van der Waals surface area contributed by atoms with Gasteiger partial charge in [-0.1, -0.05) is 25.1 Å². The van der Waals surface area contributed by atoms with Crippen molar-refractivity contribution in [3.05, 3.63) is 53.7 Å². The van der Waals surface area contributed by atoms with Crippen LogP contribution in [0.5, 0.6) is 11.5 Å². The first-order valence-electron chi connectivity index (χ1n) is 11.1. The van der Waals surface area contributed by atoms with Crippen LogP contribution in [-0.4, -0.2) is 49.1 Å². The molecule has 0 bridgehead atoms. The highest BCUT2D eigenvalue weighted by atomic mass is 16.5. The number of aromatic nitrogens is 1. The van der Waals surface area contributed by atoms with E-state index in [9.17, 15) is 4.79 Å². The molecule has 32 heavy (non-hydrogen) atoms. The number of methoxy groups -OCH3 is 1. The number of nitrogens with one attached hydrogen (secondary N) is 1. The fourth-order valence-corrected chi connectivity index (χ4v) is 4.17. The van der Waals surface area contributed by atoms with E-state index >= 15 is 0 Å². The summed E-state index contributed by atoms with van der Waals surface area (Å²) in [6.45, 7) is 5.77. The second-order valence-corrected chi connectivity index (χ2v) is 7.96. The van der Waals surface area contributed by atoms with Gasteiger partial charge in [-0.2, -0.15) is 0 Å². The molecule has 2 aromatic carbocycles. The Bertz CT molecular complexity index is 1110. The van der Waals surface area contributed by atoms with Crippen LogP contribution in [0.25, 0.3) is 10.9 Å². The van der Waals surface area contributed by atoms with E-state index in [1.54, 1.807) is 7.11 Å². The first-order valence-corrected chi connectivity index (χ1v) is 11.1. The smallest absolute Gasteiger partial charge is 0.252 e. The number of aryl methyl sites for hydroxylation is 1. The molecule has 2 heterocycles. The topological polar surface area (TPSA) is 89.7 Å². The first kappa shape index (κ1) is 21.9. The zero-order valence-electron chi connectivity index (χ0n) is 18.7. The number of hydrogen-bond acceptors (Lipinski definition) is 6. The first-order chi connectivity index (χ1) is 15.6. The Morgan fingerprint density at radius 2 is 1.97 bits per heavy atom. The van der Waals surface area contributed by atoms with Crippen LogP contribution in [0.4, 0.5) is 11.4 Å². The molecule has 0 atom stereocenters. The lowest BCUT2D eigenvalue weighted by Gasteiger charge is -2.19. The summed E-state index contributed by atoms with van der Waals surface area (Å²) < 4.78 is 11.7. The second-order valence-electron chi connectivity index (χ2n) is 7.96. The Morgan fingerprint density at radius 3 is 2.69 bits per heavy atom. The molecule has 3 aromatic rings. The Kier molecular flexibility index (Phi) is 6.75. The lowest BCUT2D eigenvalue weighted by molar-refractivity contribution is 0.100. The fourth-order valence-electron chi connectivity index (χ4n) is 4.17. The Morgan fingerprint density at radius 1 is 1.19 bits per heavy atom. The van der Waals surface area contributed by atoms with E-state index in [1.165, 1.54) is 19.0 Å². The molecule has 0 spiro atoms. The minimum Gasteiger partial charge on any atom is -0.493 e. The van der Waals surface area contributed by atoms with Gasteiger partial charge in [-0.05, 0) is 50.0 Å². The van der Waals surface area contributed by atoms with Crippen molar-refractivity contribution in [3.8, 4) is 11.5 Å². The number of fused-ring (bicyclic) bond motifs is 1. The average Bonchev–Trinajstić information content (AvgIpc) is 3.32. The van der Waals surface area contributed by atoms with Gasteiger partial charge in [0, 0.05) is 29.9 Å². The number of rotatable bonds is 9. The van der Waals surface area contributed by atoms with Crippen molar-refractivity contribution >= 4 is 28.2 Å². The quantitative estimate of drug-likeness (QED) is 0.527. The molecular weight excluding hydrogens is 404 g/mol. The zero-order valence-corrected chi connectivity index (χ0v) is 18.7. The molecule has 4 rings (SSSR count). The van der Waals surface area contributed by atoms with Crippen molar-refractivity contribution in [2.75, 3.05) is 38.7 Å². The number of carbonyl (C=O) groups is 1. The van der Waals surface area contributed by atoms with E-state index in [0.29, 0.717) is 34.9 Å². The Hall–Kier alpha value is -3.32. The molecule has 1 aliphatic heterocycles. The summed E-state index contributed by atoms with van der Waals surface area (Å²) in [6.07, 6.45) is 4.86. The number of pyridine rings is 1. The van der Waals surface area contributed by atoms with Crippen molar-refractivity contribution in [2.24, 2.45) is 5.73 Å². The summed E-state index contributed by atoms with van der Waals surface area (Å²) in [5.41, 5.74) is 9.40. The number of amides is 1. The molecule has 1 saturated heterocycles. The summed E-state index contributed by atoms with van der Waals surface area (Å²) >= 11 is 0. The van der Waals surface area contributed by atoms with Gasteiger partial charge in [-0.3, -0.25) is 14.7 Å². The van der Waals surface area contributed by atoms with Gasteiger partial charge >= 0.3 is 0 Å². The number of primary amides is 1. The number of likely N-dealkylation sites (tertiary alicyclic amines) is 1. The summed E-state index contributed by atoms with van der Waals surface area (Å²) in [7, 11) is 1.61. The molecule has 0 unspecified atom stereocenters. The van der Waals surface area contributed by atoms with Gasteiger partial charge < -0.3 is 20.5 Å². The third-order valence-electron chi connectivity index (χ3n) is 5.94. The molecule has 168 valence electrons. The van der Waals surface area contributed by atoms with Gasteiger partial charge in [0.25, 0.3) is 5.91 Å². The van der Waals surface area contributed by atoms with E-state index in [0.717, 1.165) is 42.7 Å². The molecule has 3 N–H and O–H groups in total. The number of nitrogens with two attached hydrogens (primary N) is 1.